The third-order valence-corrected chi connectivity index (χ3v) is 2.92. The van der Waals surface area contributed by atoms with Gasteiger partial charge in [-0.1, -0.05) is 24.3 Å². The van der Waals surface area contributed by atoms with Crippen molar-refractivity contribution < 1.29 is 13.2 Å². The summed E-state index contributed by atoms with van der Waals surface area (Å²) >= 11 is 0. The Morgan fingerprint density at radius 3 is 2.16 bits per heavy atom. The number of nitrogens with zero attached hydrogens (tertiary/aromatic N) is 1. The van der Waals surface area contributed by atoms with Gasteiger partial charge in [-0.25, -0.2) is 5.10 Å². The monoisotopic (exact) mass is 264 g/mol. The molecule has 0 atom stereocenters. The highest BCUT2D eigenvalue weighted by Gasteiger charge is 2.35. The molecule has 3 aromatic rings. The molecular weight excluding hydrogens is 257 g/mol. The molecule has 0 aliphatic heterocycles. The molecule has 0 aliphatic rings. The normalized spacial score (nSPS) is 12.2. The minimum absolute atomic E-state index is 0.0129. The maximum atomic E-state index is 12.9. The van der Waals surface area contributed by atoms with Crippen molar-refractivity contribution in [3.8, 4) is 0 Å². The lowest BCUT2D eigenvalue weighted by atomic mass is 10.0. The number of fused-ring (bicyclic) bond motifs is 2. The molecule has 19 heavy (non-hydrogen) atoms. The molecule has 0 fully saturated rings. The van der Waals surface area contributed by atoms with Gasteiger partial charge >= 0.3 is 6.18 Å². The van der Waals surface area contributed by atoms with Crippen LogP contribution in [0.4, 0.5) is 13.2 Å². The number of alkyl halides is 3. The standard InChI is InChI=1S/C13H7F3N2O/c14-13(15,16)11-9-5-7-3-1-2-4-8(7)6-10(9)12(19)18-17-11/h1-6H,(H,18,19). The minimum atomic E-state index is -4.61. The van der Waals surface area contributed by atoms with Crippen LogP contribution >= 0.6 is 0 Å². The van der Waals surface area contributed by atoms with Crippen LogP contribution in [0.25, 0.3) is 21.5 Å². The van der Waals surface area contributed by atoms with E-state index in [1.807, 2.05) is 5.10 Å². The summed E-state index contributed by atoms with van der Waals surface area (Å²) in [5, 5.41) is 6.15. The Kier molecular flexibility index (Phi) is 2.35. The second-order valence-corrected chi connectivity index (χ2v) is 4.14. The summed E-state index contributed by atoms with van der Waals surface area (Å²) in [6.07, 6.45) is -4.61. The molecule has 3 nitrogen and oxygen atoms in total. The van der Waals surface area contributed by atoms with Gasteiger partial charge in [-0.05, 0) is 22.9 Å². The van der Waals surface area contributed by atoms with Crippen molar-refractivity contribution in [2.45, 2.75) is 6.18 Å². The van der Waals surface area contributed by atoms with E-state index < -0.39 is 17.4 Å². The molecule has 0 saturated heterocycles. The van der Waals surface area contributed by atoms with Crippen LogP contribution in [0.2, 0.25) is 0 Å². The average molecular weight is 264 g/mol. The fraction of sp³-hybridized carbons (Fsp3) is 0.0769. The number of aromatic nitrogens is 2. The molecule has 6 heteroatoms. The van der Waals surface area contributed by atoms with Crippen LogP contribution in [-0.4, -0.2) is 10.2 Å². The Morgan fingerprint density at radius 2 is 1.58 bits per heavy atom. The van der Waals surface area contributed by atoms with Crippen molar-refractivity contribution in [3.63, 3.8) is 0 Å². The summed E-state index contributed by atoms with van der Waals surface area (Å²) in [6.45, 7) is 0. The average Bonchev–Trinajstić information content (AvgIpc) is 2.36. The Balaban J connectivity index is 2.52. The highest BCUT2D eigenvalue weighted by Crippen LogP contribution is 2.33. The van der Waals surface area contributed by atoms with Crippen molar-refractivity contribution in [1.82, 2.24) is 10.2 Å². The van der Waals surface area contributed by atoms with Gasteiger partial charge in [0.2, 0.25) is 0 Å². The van der Waals surface area contributed by atoms with Gasteiger partial charge in [-0.2, -0.15) is 18.3 Å². The summed E-state index contributed by atoms with van der Waals surface area (Å²) in [4.78, 5) is 11.6. The highest BCUT2D eigenvalue weighted by atomic mass is 19.4. The van der Waals surface area contributed by atoms with Crippen LogP contribution in [0, 0.1) is 0 Å². The quantitative estimate of drug-likeness (QED) is 0.634. The number of aromatic amines is 1. The first-order valence-corrected chi connectivity index (χ1v) is 5.45. The maximum Gasteiger partial charge on any atom is 0.435 e. The molecule has 0 radical (unpaired) electrons. The topological polar surface area (TPSA) is 45.8 Å². The van der Waals surface area contributed by atoms with Crippen LogP contribution < -0.4 is 5.56 Å². The van der Waals surface area contributed by atoms with Crippen LogP contribution in [-0.2, 0) is 6.18 Å². The van der Waals surface area contributed by atoms with Gasteiger partial charge in [0.05, 0.1) is 5.39 Å². The lowest BCUT2D eigenvalue weighted by Crippen LogP contribution is -2.17. The van der Waals surface area contributed by atoms with Gasteiger partial charge in [-0.3, -0.25) is 4.79 Å². The first-order valence-electron chi connectivity index (χ1n) is 5.45. The molecule has 1 N–H and O–H groups in total. The van der Waals surface area contributed by atoms with Crippen molar-refractivity contribution in [2.24, 2.45) is 0 Å². The maximum absolute atomic E-state index is 12.9. The zero-order valence-electron chi connectivity index (χ0n) is 9.45. The zero-order chi connectivity index (χ0) is 13.6. The predicted octanol–water partition coefficient (Wildman–Crippen LogP) is 3.10. The molecule has 96 valence electrons. The Hall–Kier alpha value is -2.37. The van der Waals surface area contributed by atoms with Gasteiger partial charge < -0.3 is 0 Å². The molecular formula is C13H7F3N2O. The number of benzene rings is 2. The van der Waals surface area contributed by atoms with E-state index in [1.54, 1.807) is 24.3 Å². The first kappa shape index (κ1) is 11.7. The van der Waals surface area contributed by atoms with Crippen molar-refractivity contribution >= 4 is 21.5 Å². The number of hydrogen-bond donors (Lipinski definition) is 1. The van der Waals surface area contributed by atoms with Crippen LogP contribution in [0.1, 0.15) is 5.69 Å². The second kappa shape index (κ2) is 3.81. The molecule has 3 rings (SSSR count). The molecule has 0 amide bonds. The molecule has 0 saturated carbocycles. The molecule has 1 heterocycles. The Labute approximate surface area is 104 Å². The molecule has 2 aromatic carbocycles. The van der Waals surface area contributed by atoms with E-state index >= 15 is 0 Å². The van der Waals surface area contributed by atoms with Gasteiger partial charge in [0, 0.05) is 5.39 Å². The van der Waals surface area contributed by atoms with E-state index in [0.29, 0.717) is 10.8 Å². The number of hydrogen-bond acceptors (Lipinski definition) is 2. The fourth-order valence-corrected chi connectivity index (χ4v) is 2.07. The Bertz CT molecular complexity index is 837. The smallest absolute Gasteiger partial charge is 0.267 e. The summed E-state index contributed by atoms with van der Waals surface area (Å²) in [6, 6.07) is 9.70. The number of nitrogens with one attached hydrogen (secondary N) is 1. The van der Waals surface area contributed by atoms with E-state index in [1.165, 1.54) is 12.1 Å². The van der Waals surface area contributed by atoms with Gasteiger partial charge in [0.1, 0.15) is 0 Å². The summed E-state index contributed by atoms with van der Waals surface area (Å²) < 4.78 is 38.6. The van der Waals surface area contributed by atoms with Crippen molar-refractivity contribution in [1.29, 1.82) is 0 Å². The second-order valence-electron chi connectivity index (χ2n) is 4.14. The van der Waals surface area contributed by atoms with Gasteiger partial charge in [0.25, 0.3) is 5.56 Å². The molecule has 1 aromatic heterocycles. The third-order valence-electron chi connectivity index (χ3n) is 2.92. The summed E-state index contributed by atoms with van der Waals surface area (Å²) in [7, 11) is 0. The molecule has 0 aliphatic carbocycles. The first-order chi connectivity index (χ1) is 8.97. The van der Waals surface area contributed by atoms with E-state index in [9.17, 15) is 18.0 Å². The molecule has 0 bridgehead atoms. The Morgan fingerprint density at radius 1 is 1.00 bits per heavy atom. The lowest BCUT2D eigenvalue weighted by molar-refractivity contribution is -0.140. The van der Waals surface area contributed by atoms with E-state index in [4.69, 9.17) is 0 Å². The predicted molar refractivity (Wildman–Crippen MR) is 64.9 cm³/mol. The van der Waals surface area contributed by atoms with Crippen LogP contribution in [0.3, 0.4) is 0 Å². The van der Waals surface area contributed by atoms with Crippen molar-refractivity contribution in [2.75, 3.05) is 0 Å². The zero-order valence-corrected chi connectivity index (χ0v) is 9.45. The number of halogens is 3. The number of H-pyrrole nitrogens is 1. The molecule has 0 spiro atoms. The third kappa shape index (κ3) is 1.85. The summed E-state index contributed by atoms with van der Waals surface area (Å²) in [5.74, 6) is 0. The van der Waals surface area contributed by atoms with Gasteiger partial charge in [-0.15, -0.1) is 0 Å². The van der Waals surface area contributed by atoms with E-state index in [-0.39, 0.29) is 10.8 Å². The van der Waals surface area contributed by atoms with Crippen molar-refractivity contribution in [3.05, 3.63) is 52.4 Å². The van der Waals surface area contributed by atoms with Crippen LogP contribution in [0.5, 0.6) is 0 Å². The molecule has 0 unspecified atom stereocenters. The summed E-state index contributed by atoms with van der Waals surface area (Å²) in [5.41, 5.74) is -1.71. The SMILES string of the molecule is O=c1[nH]nc(C(F)(F)F)c2cc3ccccc3cc12. The fourth-order valence-electron chi connectivity index (χ4n) is 2.07. The van der Waals surface area contributed by atoms with E-state index in [2.05, 4.69) is 5.10 Å². The van der Waals surface area contributed by atoms with E-state index in [0.717, 1.165) is 0 Å². The van der Waals surface area contributed by atoms with Crippen LogP contribution in [0.15, 0.2) is 41.2 Å². The van der Waals surface area contributed by atoms with Gasteiger partial charge in [0.15, 0.2) is 5.69 Å². The number of rotatable bonds is 0. The lowest BCUT2D eigenvalue weighted by Gasteiger charge is -2.09. The largest absolute Gasteiger partial charge is 0.435 e. The highest BCUT2D eigenvalue weighted by molar-refractivity contribution is 5.98. The minimum Gasteiger partial charge on any atom is -0.267 e.